The van der Waals surface area contributed by atoms with Crippen molar-refractivity contribution in [3.05, 3.63) is 0 Å². The molecule has 0 rings (SSSR count). The second-order valence-electron chi connectivity index (χ2n) is 4.11. The Kier molecular flexibility index (Phi) is 7.64. The van der Waals surface area contributed by atoms with E-state index in [4.69, 9.17) is 0 Å². The first-order valence-corrected chi connectivity index (χ1v) is 6.69. The van der Waals surface area contributed by atoms with Crippen LogP contribution in [0.1, 0.15) is 40.0 Å². The van der Waals surface area contributed by atoms with Gasteiger partial charge in [-0.15, -0.1) is 0 Å². The standard InChI is InChI=1S/C11H21BrF3N/c1-4-6-7-16(9(3)5-2)8-10(12)11(13,14)15/h9-10H,4-8H2,1-3H3. The van der Waals surface area contributed by atoms with E-state index in [0.717, 1.165) is 25.8 Å². The van der Waals surface area contributed by atoms with E-state index >= 15 is 0 Å². The Morgan fingerprint density at radius 3 is 2.19 bits per heavy atom. The topological polar surface area (TPSA) is 3.24 Å². The molecule has 0 aliphatic rings. The maximum atomic E-state index is 12.4. The van der Waals surface area contributed by atoms with Crippen LogP contribution in [0, 0.1) is 0 Å². The molecule has 0 saturated carbocycles. The van der Waals surface area contributed by atoms with Crippen LogP contribution in [0.3, 0.4) is 0 Å². The van der Waals surface area contributed by atoms with Crippen molar-refractivity contribution in [1.29, 1.82) is 0 Å². The van der Waals surface area contributed by atoms with Gasteiger partial charge in [0.15, 0.2) is 0 Å². The van der Waals surface area contributed by atoms with Crippen molar-refractivity contribution in [3.63, 3.8) is 0 Å². The van der Waals surface area contributed by atoms with Gasteiger partial charge >= 0.3 is 6.18 Å². The first-order valence-electron chi connectivity index (χ1n) is 5.77. The Morgan fingerprint density at radius 1 is 1.25 bits per heavy atom. The Hall–Kier alpha value is 0.230. The molecule has 0 saturated heterocycles. The fraction of sp³-hybridized carbons (Fsp3) is 1.00. The summed E-state index contributed by atoms with van der Waals surface area (Å²) < 4.78 is 37.3. The average Bonchev–Trinajstić information content (AvgIpc) is 2.21. The molecule has 0 aromatic rings. The van der Waals surface area contributed by atoms with Gasteiger partial charge in [0.2, 0.25) is 0 Å². The molecule has 2 unspecified atom stereocenters. The largest absolute Gasteiger partial charge is 0.402 e. The van der Waals surface area contributed by atoms with E-state index < -0.39 is 11.0 Å². The molecule has 2 atom stereocenters. The summed E-state index contributed by atoms with van der Waals surface area (Å²) in [5, 5.41) is 0. The Labute approximate surface area is 105 Å². The van der Waals surface area contributed by atoms with Crippen molar-refractivity contribution < 1.29 is 13.2 Å². The van der Waals surface area contributed by atoms with Gasteiger partial charge in [-0.25, -0.2) is 0 Å². The highest BCUT2D eigenvalue weighted by Crippen LogP contribution is 2.27. The molecule has 0 aliphatic carbocycles. The predicted molar refractivity (Wildman–Crippen MR) is 65.0 cm³/mol. The first-order chi connectivity index (χ1) is 7.32. The van der Waals surface area contributed by atoms with Crippen LogP contribution in [-0.2, 0) is 0 Å². The molecule has 0 spiro atoms. The van der Waals surface area contributed by atoms with Gasteiger partial charge in [-0.3, -0.25) is 4.90 Å². The summed E-state index contributed by atoms with van der Waals surface area (Å²) in [6, 6.07) is 0.203. The summed E-state index contributed by atoms with van der Waals surface area (Å²) in [4.78, 5) is 0.488. The highest BCUT2D eigenvalue weighted by Gasteiger charge is 2.38. The summed E-state index contributed by atoms with van der Waals surface area (Å²) in [6.45, 7) is 6.80. The third-order valence-electron chi connectivity index (χ3n) is 2.76. The smallest absolute Gasteiger partial charge is 0.299 e. The Bertz CT molecular complexity index is 185. The van der Waals surface area contributed by atoms with Gasteiger partial charge in [0.05, 0.1) is 0 Å². The summed E-state index contributed by atoms with van der Waals surface area (Å²) >= 11 is 2.72. The number of hydrogen-bond acceptors (Lipinski definition) is 1. The van der Waals surface area contributed by atoms with E-state index in [1.807, 2.05) is 25.7 Å². The number of halogens is 4. The van der Waals surface area contributed by atoms with Crippen molar-refractivity contribution in [1.82, 2.24) is 4.90 Å². The molecule has 98 valence electrons. The lowest BCUT2D eigenvalue weighted by Gasteiger charge is -2.30. The van der Waals surface area contributed by atoms with Crippen molar-refractivity contribution in [2.24, 2.45) is 0 Å². The second-order valence-corrected chi connectivity index (χ2v) is 5.22. The van der Waals surface area contributed by atoms with Crippen LogP contribution in [0.5, 0.6) is 0 Å². The molecule has 0 radical (unpaired) electrons. The molecule has 0 bridgehead atoms. The zero-order valence-corrected chi connectivity index (χ0v) is 11.7. The van der Waals surface area contributed by atoms with Crippen LogP contribution in [-0.4, -0.2) is 35.0 Å². The SMILES string of the molecule is CCCCN(CC(Br)C(F)(F)F)C(C)CC. The molecule has 1 nitrogen and oxygen atoms in total. The van der Waals surface area contributed by atoms with Crippen LogP contribution < -0.4 is 0 Å². The van der Waals surface area contributed by atoms with E-state index in [9.17, 15) is 13.2 Å². The summed E-state index contributed by atoms with van der Waals surface area (Å²) in [5.74, 6) is 0. The fourth-order valence-corrected chi connectivity index (χ4v) is 1.79. The minimum atomic E-state index is -4.15. The number of hydrogen-bond donors (Lipinski definition) is 0. The zero-order valence-electron chi connectivity index (χ0n) is 10.1. The maximum Gasteiger partial charge on any atom is 0.402 e. The van der Waals surface area contributed by atoms with E-state index in [1.165, 1.54) is 0 Å². The highest BCUT2D eigenvalue weighted by molar-refractivity contribution is 9.09. The molecule has 0 heterocycles. The van der Waals surface area contributed by atoms with Gasteiger partial charge in [0, 0.05) is 12.6 Å². The molecule has 5 heteroatoms. The number of rotatable bonds is 7. The van der Waals surface area contributed by atoms with E-state index in [-0.39, 0.29) is 12.6 Å². The minimum absolute atomic E-state index is 0.0402. The van der Waals surface area contributed by atoms with Crippen molar-refractivity contribution in [3.8, 4) is 0 Å². The molecule has 0 fully saturated rings. The molecule has 16 heavy (non-hydrogen) atoms. The second kappa shape index (κ2) is 7.54. The third kappa shape index (κ3) is 6.09. The first kappa shape index (κ1) is 16.2. The lowest BCUT2D eigenvalue weighted by atomic mass is 10.2. The Balaban J connectivity index is 4.30. The number of unbranched alkanes of at least 4 members (excludes halogenated alkanes) is 1. The van der Waals surface area contributed by atoms with Crippen molar-refractivity contribution in [2.75, 3.05) is 13.1 Å². The third-order valence-corrected chi connectivity index (χ3v) is 3.57. The quantitative estimate of drug-likeness (QED) is 0.637. The van der Waals surface area contributed by atoms with Gasteiger partial charge in [-0.2, -0.15) is 13.2 Å². The van der Waals surface area contributed by atoms with Gasteiger partial charge in [0.25, 0.3) is 0 Å². The maximum absolute atomic E-state index is 12.4. The molecule has 0 amide bonds. The minimum Gasteiger partial charge on any atom is -0.299 e. The highest BCUT2D eigenvalue weighted by atomic mass is 79.9. The normalized spacial score (nSPS) is 16.5. The average molecular weight is 304 g/mol. The molecule has 0 N–H and O–H groups in total. The molecular weight excluding hydrogens is 283 g/mol. The monoisotopic (exact) mass is 303 g/mol. The van der Waals surface area contributed by atoms with E-state index in [1.54, 1.807) is 0 Å². The molecular formula is C11H21BrF3N. The number of nitrogens with zero attached hydrogens (tertiary/aromatic N) is 1. The van der Waals surface area contributed by atoms with Crippen LogP contribution in [0.15, 0.2) is 0 Å². The Morgan fingerprint density at radius 2 is 1.81 bits per heavy atom. The van der Waals surface area contributed by atoms with E-state index in [2.05, 4.69) is 15.9 Å². The van der Waals surface area contributed by atoms with Crippen LogP contribution in [0.25, 0.3) is 0 Å². The van der Waals surface area contributed by atoms with Crippen molar-refractivity contribution in [2.45, 2.75) is 57.1 Å². The van der Waals surface area contributed by atoms with Crippen molar-refractivity contribution >= 4 is 15.9 Å². The molecule has 0 aromatic heterocycles. The van der Waals surface area contributed by atoms with Gasteiger partial charge in [-0.1, -0.05) is 36.2 Å². The molecule has 0 aliphatic heterocycles. The summed E-state index contributed by atoms with van der Waals surface area (Å²) in [5.41, 5.74) is 0. The van der Waals surface area contributed by atoms with Gasteiger partial charge < -0.3 is 0 Å². The van der Waals surface area contributed by atoms with Crippen LogP contribution >= 0.6 is 15.9 Å². The van der Waals surface area contributed by atoms with Crippen LogP contribution in [0.2, 0.25) is 0 Å². The number of alkyl halides is 4. The lowest BCUT2D eigenvalue weighted by Crippen LogP contribution is -2.42. The molecule has 0 aromatic carbocycles. The fourth-order valence-electron chi connectivity index (χ4n) is 1.42. The van der Waals surface area contributed by atoms with Gasteiger partial charge in [0.1, 0.15) is 4.83 Å². The van der Waals surface area contributed by atoms with Gasteiger partial charge in [-0.05, 0) is 26.3 Å². The van der Waals surface area contributed by atoms with E-state index in [0.29, 0.717) is 0 Å². The summed E-state index contributed by atoms with van der Waals surface area (Å²) in [6.07, 6.45) is -1.33. The van der Waals surface area contributed by atoms with Crippen LogP contribution in [0.4, 0.5) is 13.2 Å². The lowest BCUT2D eigenvalue weighted by molar-refractivity contribution is -0.131. The predicted octanol–water partition coefficient (Wildman–Crippen LogP) is 4.21. The zero-order chi connectivity index (χ0) is 12.8. The summed E-state index contributed by atoms with van der Waals surface area (Å²) in [7, 11) is 0.